The molecule has 1 atom stereocenters. The van der Waals surface area contributed by atoms with Crippen LogP contribution < -0.4 is 5.32 Å². The zero-order chi connectivity index (χ0) is 12.3. The summed E-state index contributed by atoms with van der Waals surface area (Å²) in [6, 6.07) is 9.04. The largest absolute Gasteiger partial charge is 0.312 e. The van der Waals surface area contributed by atoms with Crippen molar-refractivity contribution in [2.24, 2.45) is 0 Å². The summed E-state index contributed by atoms with van der Waals surface area (Å²) < 4.78 is 0. The molecule has 0 aliphatic rings. The van der Waals surface area contributed by atoms with Crippen molar-refractivity contribution < 1.29 is 0 Å². The summed E-state index contributed by atoms with van der Waals surface area (Å²) in [6.45, 7) is 4.32. The molecule has 2 nitrogen and oxygen atoms in total. The number of aryl methyl sites for hydroxylation is 1. The fourth-order valence-corrected chi connectivity index (χ4v) is 2.63. The highest BCUT2D eigenvalue weighted by atomic mass is 32.1. The van der Waals surface area contributed by atoms with E-state index in [0.29, 0.717) is 6.04 Å². The number of benzene rings is 1. The Morgan fingerprint density at radius 3 is 2.59 bits per heavy atom. The summed E-state index contributed by atoms with van der Waals surface area (Å²) in [6.07, 6.45) is 3.05. The molecule has 2 aromatic rings. The molecule has 0 radical (unpaired) electrons. The van der Waals surface area contributed by atoms with Crippen LogP contribution in [0.2, 0.25) is 0 Å². The van der Waals surface area contributed by atoms with E-state index in [4.69, 9.17) is 0 Å². The van der Waals surface area contributed by atoms with E-state index in [-0.39, 0.29) is 0 Å². The molecule has 1 aromatic heterocycles. The molecule has 3 heteroatoms. The predicted molar refractivity (Wildman–Crippen MR) is 74.4 cm³/mol. The van der Waals surface area contributed by atoms with Gasteiger partial charge in [0.15, 0.2) is 0 Å². The molecule has 1 unspecified atom stereocenters. The minimum atomic E-state index is 0.371. The lowest BCUT2D eigenvalue weighted by Gasteiger charge is -2.04. The second-order valence-corrected chi connectivity index (χ2v) is 5.19. The first kappa shape index (κ1) is 12.3. The third-order valence-electron chi connectivity index (χ3n) is 2.99. The molecule has 0 saturated heterocycles. The van der Waals surface area contributed by atoms with E-state index in [1.807, 2.05) is 13.2 Å². The van der Waals surface area contributed by atoms with Crippen molar-refractivity contribution in [2.75, 3.05) is 7.05 Å². The van der Waals surface area contributed by atoms with E-state index in [1.54, 1.807) is 11.3 Å². The molecule has 2 rings (SSSR count). The first-order valence-electron chi connectivity index (χ1n) is 5.97. The molecule has 0 amide bonds. The lowest BCUT2D eigenvalue weighted by molar-refractivity contribution is 0.662. The number of hydrogen-bond acceptors (Lipinski definition) is 3. The zero-order valence-corrected chi connectivity index (χ0v) is 11.3. The van der Waals surface area contributed by atoms with Gasteiger partial charge >= 0.3 is 0 Å². The quantitative estimate of drug-likeness (QED) is 0.890. The van der Waals surface area contributed by atoms with E-state index in [0.717, 1.165) is 11.4 Å². The minimum absolute atomic E-state index is 0.371. The van der Waals surface area contributed by atoms with Gasteiger partial charge in [-0.3, -0.25) is 0 Å². The Kier molecular flexibility index (Phi) is 3.92. The smallest absolute Gasteiger partial charge is 0.123 e. The van der Waals surface area contributed by atoms with Gasteiger partial charge in [0.1, 0.15) is 5.01 Å². The topological polar surface area (TPSA) is 24.9 Å². The number of nitrogens with one attached hydrogen (secondary N) is 1. The van der Waals surface area contributed by atoms with Crippen LogP contribution in [0.1, 0.15) is 30.3 Å². The molecule has 90 valence electrons. The van der Waals surface area contributed by atoms with Crippen LogP contribution in [0.3, 0.4) is 0 Å². The van der Waals surface area contributed by atoms with E-state index >= 15 is 0 Å². The maximum absolute atomic E-state index is 4.49. The average molecular weight is 246 g/mol. The molecule has 0 spiro atoms. The molecule has 1 heterocycles. The standard InChI is InChI=1S/C14H18N2S/c1-4-11-5-7-12(8-6-11)14-16-9-13(17-14)10(2)15-3/h5-10,15H,4H2,1-3H3. The molecule has 17 heavy (non-hydrogen) atoms. The summed E-state index contributed by atoms with van der Waals surface area (Å²) in [4.78, 5) is 5.77. The van der Waals surface area contributed by atoms with E-state index in [2.05, 4.69) is 48.4 Å². The Hall–Kier alpha value is -1.19. The number of aromatic nitrogens is 1. The fourth-order valence-electron chi connectivity index (χ4n) is 1.65. The van der Waals surface area contributed by atoms with Crippen LogP contribution in [0.15, 0.2) is 30.5 Å². The molecule has 1 aromatic carbocycles. The van der Waals surface area contributed by atoms with Crippen LogP contribution >= 0.6 is 11.3 Å². The maximum Gasteiger partial charge on any atom is 0.123 e. The summed E-state index contributed by atoms with van der Waals surface area (Å²) in [5, 5.41) is 4.34. The van der Waals surface area contributed by atoms with Crippen LogP contribution in [0.4, 0.5) is 0 Å². The number of thiazole rings is 1. The second-order valence-electron chi connectivity index (χ2n) is 4.13. The molecule has 0 aliphatic heterocycles. The molecule has 1 N–H and O–H groups in total. The van der Waals surface area contributed by atoms with Gasteiger partial charge in [0.2, 0.25) is 0 Å². The van der Waals surface area contributed by atoms with Gasteiger partial charge in [-0.1, -0.05) is 31.2 Å². The third kappa shape index (κ3) is 2.73. The lowest BCUT2D eigenvalue weighted by Crippen LogP contribution is -2.10. The molecule has 0 bridgehead atoms. The van der Waals surface area contributed by atoms with Crippen molar-refractivity contribution in [3.8, 4) is 10.6 Å². The number of rotatable bonds is 4. The van der Waals surface area contributed by atoms with Crippen molar-refractivity contribution in [1.29, 1.82) is 0 Å². The fraction of sp³-hybridized carbons (Fsp3) is 0.357. The minimum Gasteiger partial charge on any atom is -0.312 e. The number of nitrogens with zero attached hydrogens (tertiary/aromatic N) is 1. The predicted octanol–water partition coefficient (Wildman–Crippen LogP) is 3.65. The van der Waals surface area contributed by atoms with Crippen LogP contribution in [0, 0.1) is 0 Å². The Bertz CT molecular complexity index is 473. The molecular weight excluding hydrogens is 228 g/mol. The van der Waals surface area contributed by atoms with Gasteiger partial charge < -0.3 is 5.32 Å². The Morgan fingerprint density at radius 2 is 2.00 bits per heavy atom. The highest BCUT2D eigenvalue weighted by Gasteiger charge is 2.08. The van der Waals surface area contributed by atoms with Crippen molar-refractivity contribution in [1.82, 2.24) is 10.3 Å². The highest BCUT2D eigenvalue weighted by Crippen LogP contribution is 2.28. The van der Waals surface area contributed by atoms with Crippen LogP contribution in [-0.4, -0.2) is 12.0 Å². The Balaban J connectivity index is 2.24. The summed E-state index contributed by atoms with van der Waals surface area (Å²) in [5.74, 6) is 0. The van der Waals surface area contributed by atoms with Crippen molar-refractivity contribution in [3.05, 3.63) is 40.9 Å². The van der Waals surface area contributed by atoms with Crippen LogP contribution in [0.5, 0.6) is 0 Å². The lowest BCUT2D eigenvalue weighted by atomic mass is 10.1. The van der Waals surface area contributed by atoms with Crippen molar-refractivity contribution in [3.63, 3.8) is 0 Å². The second kappa shape index (κ2) is 5.43. The summed E-state index contributed by atoms with van der Waals surface area (Å²) >= 11 is 1.76. The van der Waals surface area contributed by atoms with Gasteiger partial charge in [-0.25, -0.2) is 4.98 Å². The van der Waals surface area contributed by atoms with E-state index in [1.165, 1.54) is 16.0 Å². The third-order valence-corrected chi connectivity index (χ3v) is 4.22. The SMILES string of the molecule is CCc1ccc(-c2ncc(C(C)NC)s2)cc1. The Morgan fingerprint density at radius 1 is 1.29 bits per heavy atom. The molecule has 0 fully saturated rings. The molecule has 0 saturated carbocycles. The van der Waals surface area contributed by atoms with Crippen molar-refractivity contribution >= 4 is 11.3 Å². The van der Waals surface area contributed by atoms with Gasteiger partial charge in [0, 0.05) is 22.7 Å². The number of hydrogen-bond donors (Lipinski definition) is 1. The first-order valence-corrected chi connectivity index (χ1v) is 6.78. The van der Waals surface area contributed by atoms with Gasteiger partial charge in [-0.2, -0.15) is 0 Å². The van der Waals surface area contributed by atoms with E-state index in [9.17, 15) is 0 Å². The maximum atomic E-state index is 4.49. The van der Waals surface area contributed by atoms with Crippen LogP contribution in [0.25, 0.3) is 10.6 Å². The van der Waals surface area contributed by atoms with Crippen LogP contribution in [-0.2, 0) is 6.42 Å². The molecule has 0 aliphatic carbocycles. The normalized spacial score (nSPS) is 12.6. The van der Waals surface area contributed by atoms with E-state index < -0.39 is 0 Å². The van der Waals surface area contributed by atoms with Gasteiger partial charge in [0.05, 0.1) is 0 Å². The monoisotopic (exact) mass is 246 g/mol. The zero-order valence-electron chi connectivity index (χ0n) is 10.5. The summed E-state index contributed by atoms with van der Waals surface area (Å²) in [7, 11) is 1.97. The van der Waals surface area contributed by atoms with Crippen molar-refractivity contribution in [2.45, 2.75) is 26.3 Å². The first-order chi connectivity index (χ1) is 8.24. The highest BCUT2D eigenvalue weighted by molar-refractivity contribution is 7.15. The van der Waals surface area contributed by atoms with Gasteiger partial charge in [-0.05, 0) is 26.0 Å². The van der Waals surface area contributed by atoms with Gasteiger partial charge in [0.25, 0.3) is 0 Å². The Labute approximate surface area is 107 Å². The average Bonchev–Trinajstić information content (AvgIpc) is 2.87. The van der Waals surface area contributed by atoms with Gasteiger partial charge in [-0.15, -0.1) is 11.3 Å². The summed E-state index contributed by atoms with van der Waals surface area (Å²) in [5.41, 5.74) is 2.58. The molecular formula is C14H18N2S.